The van der Waals surface area contributed by atoms with Crippen molar-refractivity contribution in [3.8, 4) is 11.8 Å². The van der Waals surface area contributed by atoms with Crippen LogP contribution in [-0.2, 0) is 11.2 Å². The standard InChI is InChI=1S/C16H21N5O2/c1-11-4-7-21(14(22)3-6-17)9-13(11)20(2)16-15-12(5-8-23-15)18-10-19-16/h10-11,13H,3-5,7-9H2,1-2H3/t11-,13+/m1/s1. The van der Waals surface area contributed by atoms with Gasteiger partial charge in [-0.2, -0.15) is 5.26 Å². The van der Waals surface area contributed by atoms with Gasteiger partial charge in [-0.25, -0.2) is 9.97 Å². The van der Waals surface area contributed by atoms with Crippen molar-refractivity contribution < 1.29 is 9.53 Å². The molecule has 0 radical (unpaired) electrons. The second-order valence-electron chi connectivity index (χ2n) is 6.19. The van der Waals surface area contributed by atoms with Crippen molar-refractivity contribution in [2.75, 3.05) is 31.6 Å². The number of nitrogens with zero attached hydrogens (tertiary/aromatic N) is 5. The van der Waals surface area contributed by atoms with E-state index < -0.39 is 0 Å². The smallest absolute Gasteiger partial charge is 0.236 e. The maximum atomic E-state index is 12.0. The van der Waals surface area contributed by atoms with Crippen LogP contribution in [0.15, 0.2) is 6.33 Å². The lowest BCUT2D eigenvalue weighted by Crippen LogP contribution is -2.52. The first-order valence-electron chi connectivity index (χ1n) is 7.96. The van der Waals surface area contributed by atoms with Crippen LogP contribution in [0.3, 0.4) is 0 Å². The maximum Gasteiger partial charge on any atom is 0.236 e. The summed E-state index contributed by atoms with van der Waals surface area (Å²) in [7, 11) is 1.99. The lowest BCUT2D eigenvalue weighted by molar-refractivity contribution is -0.131. The zero-order valence-electron chi connectivity index (χ0n) is 13.5. The average molecular weight is 315 g/mol. The van der Waals surface area contributed by atoms with E-state index in [1.54, 1.807) is 11.2 Å². The minimum Gasteiger partial charge on any atom is -0.487 e. The Morgan fingerprint density at radius 3 is 3.17 bits per heavy atom. The van der Waals surface area contributed by atoms with Crippen LogP contribution in [0.25, 0.3) is 0 Å². The Hall–Kier alpha value is -2.36. The molecule has 7 heteroatoms. The molecule has 2 aliphatic heterocycles. The Bertz CT molecular complexity index is 642. The van der Waals surface area contributed by atoms with Gasteiger partial charge in [0.2, 0.25) is 5.91 Å². The fourth-order valence-corrected chi connectivity index (χ4v) is 3.34. The second kappa shape index (κ2) is 6.41. The van der Waals surface area contributed by atoms with Gasteiger partial charge in [-0.3, -0.25) is 4.79 Å². The number of fused-ring (bicyclic) bond motifs is 1. The quantitative estimate of drug-likeness (QED) is 0.827. The Balaban J connectivity index is 1.80. The van der Waals surface area contributed by atoms with Crippen molar-refractivity contribution >= 4 is 11.7 Å². The highest BCUT2D eigenvalue weighted by Crippen LogP contribution is 2.35. The molecule has 7 nitrogen and oxygen atoms in total. The molecule has 0 aliphatic carbocycles. The third kappa shape index (κ3) is 2.93. The van der Waals surface area contributed by atoms with Crippen LogP contribution in [0.2, 0.25) is 0 Å². The van der Waals surface area contributed by atoms with Gasteiger partial charge in [-0.15, -0.1) is 0 Å². The molecule has 122 valence electrons. The number of carbonyl (C=O) groups excluding carboxylic acids is 1. The zero-order chi connectivity index (χ0) is 16.4. The largest absolute Gasteiger partial charge is 0.487 e. The molecule has 1 amide bonds. The molecule has 1 aromatic heterocycles. The summed E-state index contributed by atoms with van der Waals surface area (Å²) in [4.78, 5) is 24.6. The van der Waals surface area contributed by atoms with E-state index in [0.29, 0.717) is 25.6 Å². The van der Waals surface area contributed by atoms with Crippen LogP contribution in [0.5, 0.6) is 5.75 Å². The van der Waals surface area contributed by atoms with Crippen molar-refractivity contribution in [2.45, 2.75) is 32.2 Å². The summed E-state index contributed by atoms with van der Waals surface area (Å²) in [6.07, 6.45) is 3.24. The van der Waals surface area contributed by atoms with Crippen molar-refractivity contribution in [1.82, 2.24) is 14.9 Å². The number of hydrogen-bond donors (Lipinski definition) is 0. The minimum absolute atomic E-state index is 0.0587. The van der Waals surface area contributed by atoms with Crippen LogP contribution in [0.1, 0.15) is 25.5 Å². The summed E-state index contributed by atoms with van der Waals surface area (Å²) >= 11 is 0. The number of ether oxygens (including phenoxy) is 1. The average Bonchev–Trinajstić information content (AvgIpc) is 3.03. The summed E-state index contributed by atoms with van der Waals surface area (Å²) in [6, 6.07) is 2.09. The maximum absolute atomic E-state index is 12.0. The van der Waals surface area contributed by atoms with Gasteiger partial charge >= 0.3 is 0 Å². The number of aromatic nitrogens is 2. The Labute approximate surface area is 135 Å². The molecule has 0 aromatic carbocycles. The first-order valence-corrected chi connectivity index (χ1v) is 7.96. The predicted octanol–water partition coefficient (Wildman–Crippen LogP) is 0.998. The molecule has 0 saturated carbocycles. The molecule has 1 saturated heterocycles. The molecule has 2 atom stereocenters. The van der Waals surface area contributed by atoms with E-state index >= 15 is 0 Å². The second-order valence-corrected chi connectivity index (χ2v) is 6.19. The van der Waals surface area contributed by atoms with E-state index in [9.17, 15) is 4.79 Å². The van der Waals surface area contributed by atoms with E-state index in [1.807, 2.05) is 13.1 Å². The monoisotopic (exact) mass is 315 g/mol. The molecule has 1 fully saturated rings. The summed E-state index contributed by atoms with van der Waals surface area (Å²) in [5, 5.41) is 8.74. The molecule has 0 unspecified atom stereocenters. The Kier molecular flexibility index (Phi) is 4.33. The topological polar surface area (TPSA) is 82.4 Å². The Morgan fingerprint density at radius 1 is 1.57 bits per heavy atom. The summed E-state index contributed by atoms with van der Waals surface area (Å²) < 4.78 is 5.70. The summed E-state index contributed by atoms with van der Waals surface area (Å²) in [5.74, 6) is 1.89. The molecule has 23 heavy (non-hydrogen) atoms. The van der Waals surface area contributed by atoms with E-state index in [4.69, 9.17) is 10.00 Å². The molecule has 0 spiro atoms. The number of rotatable bonds is 3. The molecule has 0 N–H and O–H groups in total. The van der Waals surface area contributed by atoms with E-state index in [2.05, 4.69) is 21.8 Å². The Morgan fingerprint density at radius 2 is 2.39 bits per heavy atom. The first-order chi connectivity index (χ1) is 11.1. The number of piperidine rings is 1. The van der Waals surface area contributed by atoms with Crippen LogP contribution in [0, 0.1) is 17.2 Å². The van der Waals surface area contributed by atoms with Gasteiger partial charge in [-0.05, 0) is 12.3 Å². The normalized spacial score (nSPS) is 22.9. The van der Waals surface area contributed by atoms with Crippen LogP contribution >= 0.6 is 0 Å². The zero-order valence-corrected chi connectivity index (χ0v) is 13.5. The predicted molar refractivity (Wildman–Crippen MR) is 84.0 cm³/mol. The van der Waals surface area contributed by atoms with Gasteiger partial charge in [0.25, 0.3) is 0 Å². The summed E-state index contributed by atoms with van der Waals surface area (Å²) in [5.41, 5.74) is 0.947. The van der Waals surface area contributed by atoms with Crippen LogP contribution < -0.4 is 9.64 Å². The SMILES string of the molecule is C[C@@H]1CCN(C(=O)CC#N)C[C@@H]1N(C)c1ncnc2c1OCC2. The molecule has 1 aromatic rings. The van der Waals surface area contributed by atoms with Crippen molar-refractivity contribution in [3.63, 3.8) is 0 Å². The van der Waals surface area contributed by atoms with Crippen LogP contribution in [0.4, 0.5) is 5.82 Å². The van der Waals surface area contributed by atoms with Crippen molar-refractivity contribution in [2.24, 2.45) is 5.92 Å². The van der Waals surface area contributed by atoms with Gasteiger partial charge in [-0.1, -0.05) is 6.92 Å². The third-order valence-electron chi connectivity index (χ3n) is 4.78. The molecule has 3 rings (SSSR count). The molecule has 3 heterocycles. The highest BCUT2D eigenvalue weighted by atomic mass is 16.5. The highest BCUT2D eigenvalue weighted by Gasteiger charge is 2.34. The number of carbonyl (C=O) groups is 1. The lowest BCUT2D eigenvalue weighted by Gasteiger charge is -2.42. The van der Waals surface area contributed by atoms with Gasteiger partial charge < -0.3 is 14.5 Å². The van der Waals surface area contributed by atoms with E-state index in [1.165, 1.54) is 0 Å². The van der Waals surface area contributed by atoms with Crippen molar-refractivity contribution in [3.05, 3.63) is 12.0 Å². The third-order valence-corrected chi connectivity index (χ3v) is 4.78. The lowest BCUT2D eigenvalue weighted by atomic mass is 9.92. The van der Waals surface area contributed by atoms with Gasteiger partial charge in [0.1, 0.15) is 12.7 Å². The van der Waals surface area contributed by atoms with Crippen molar-refractivity contribution in [1.29, 1.82) is 5.26 Å². The van der Waals surface area contributed by atoms with Gasteiger partial charge in [0.15, 0.2) is 11.6 Å². The van der Waals surface area contributed by atoms with Gasteiger partial charge in [0, 0.05) is 26.6 Å². The van der Waals surface area contributed by atoms with E-state index in [0.717, 1.165) is 30.1 Å². The number of hydrogen-bond acceptors (Lipinski definition) is 6. The first kappa shape index (κ1) is 15.5. The number of nitriles is 1. The molecule has 2 aliphatic rings. The van der Waals surface area contributed by atoms with Gasteiger partial charge in [0.05, 0.1) is 24.4 Å². The fourth-order valence-electron chi connectivity index (χ4n) is 3.34. The molecular weight excluding hydrogens is 294 g/mol. The summed E-state index contributed by atoms with van der Waals surface area (Å²) in [6.45, 7) is 4.15. The number of amides is 1. The fraction of sp³-hybridized carbons (Fsp3) is 0.625. The number of likely N-dealkylation sites (N-methyl/N-ethyl adjacent to an activating group) is 1. The van der Waals surface area contributed by atoms with Crippen LogP contribution in [-0.4, -0.2) is 53.6 Å². The molecular formula is C16H21N5O2. The number of anilines is 1. The van der Waals surface area contributed by atoms with E-state index in [-0.39, 0.29) is 18.4 Å². The number of likely N-dealkylation sites (tertiary alicyclic amines) is 1. The highest BCUT2D eigenvalue weighted by molar-refractivity contribution is 5.78. The minimum atomic E-state index is -0.0954. The molecule has 0 bridgehead atoms.